The topological polar surface area (TPSA) is 129 Å². The molecule has 2 N–H and O–H groups in total. The van der Waals surface area contributed by atoms with Crippen LogP contribution in [0.5, 0.6) is 0 Å². The van der Waals surface area contributed by atoms with Crippen LogP contribution in [0, 0.1) is 6.92 Å². The number of aromatic carboxylic acids is 1. The highest BCUT2D eigenvalue weighted by Crippen LogP contribution is 2.18. The first kappa shape index (κ1) is 14.2. The van der Waals surface area contributed by atoms with E-state index in [-0.39, 0.29) is 6.54 Å². The van der Waals surface area contributed by atoms with Crippen molar-refractivity contribution in [3.63, 3.8) is 0 Å². The molecule has 0 atom stereocenters. The van der Waals surface area contributed by atoms with Crippen molar-refractivity contribution in [2.75, 3.05) is 7.05 Å². The molecular formula is C10H12N4O5S. The van der Waals surface area contributed by atoms with Gasteiger partial charge in [-0.1, -0.05) is 5.16 Å². The normalized spacial score (nSPS) is 11.9. The molecule has 2 rings (SSSR count). The van der Waals surface area contributed by atoms with Crippen molar-refractivity contribution in [1.82, 2.24) is 19.7 Å². The van der Waals surface area contributed by atoms with Crippen molar-refractivity contribution in [2.45, 2.75) is 18.5 Å². The van der Waals surface area contributed by atoms with Crippen LogP contribution in [0.3, 0.4) is 0 Å². The number of carbonyl (C=O) groups is 1. The third-order valence-electron chi connectivity index (χ3n) is 2.56. The van der Waals surface area contributed by atoms with E-state index in [9.17, 15) is 13.2 Å². The zero-order valence-corrected chi connectivity index (χ0v) is 11.5. The summed E-state index contributed by atoms with van der Waals surface area (Å²) < 4.78 is 30.3. The Labute approximate surface area is 114 Å². The van der Waals surface area contributed by atoms with E-state index in [1.807, 2.05) is 0 Å². The highest BCUT2D eigenvalue weighted by Gasteiger charge is 2.29. The monoisotopic (exact) mass is 300 g/mol. The lowest BCUT2D eigenvalue weighted by Gasteiger charge is -2.14. The van der Waals surface area contributed by atoms with Gasteiger partial charge in [0.05, 0.1) is 18.4 Å². The molecule has 0 saturated heterocycles. The smallest absolute Gasteiger partial charge is 0.340 e. The van der Waals surface area contributed by atoms with Gasteiger partial charge in [-0.05, 0) is 6.92 Å². The van der Waals surface area contributed by atoms with Gasteiger partial charge in [0.1, 0.15) is 11.3 Å². The maximum Gasteiger partial charge on any atom is 0.340 e. The van der Waals surface area contributed by atoms with E-state index in [0.29, 0.717) is 11.5 Å². The number of aryl methyl sites for hydroxylation is 1. The van der Waals surface area contributed by atoms with Gasteiger partial charge in [-0.25, -0.2) is 13.2 Å². The lowest BCUT2D eigenvalue weighted by Crippen LogP contribution is -2.28. The van der Waals surface area contributed by atoms with Gasteiger partial charge in [0.2, 0.25) is 0 Å². The summed E-state index contributed by atoms with van der Waals surface area (Å²) in [4.78, 5) is 10.9. The molecule has 0 fully saturated rings. The third kappa shape index (κ3) is 2.56. The first-order valence-electron chi connectivity index (χ1n) is 5.47. The standard InChI is InChI=1S/C10H12N4O5S/c1-6-3-7(13-19-6)5-14(2)20(17,18)9-8(10(15)16)4-11-12-9/h3-4H,5H2,1-2H3,(H,11,12)(H,15,16). The van der Waals surface area contributed by atoms with Crippen LogP contribution < -0.4 is 0 Å². The van der Waals surface area contributed by atoms with Gasteiger partial charge in [-0.15, -0.1) is 0 Å². The number of carboxylic acids is 1. The van der Waals surface area contributed by atoms with Crippen LogP contribution in [0.2, 0.25) is 0 Å². The van der Waals surface area contributed by atoms with E-state index in [0.717, 1.165) is 10.5 Å². The highest BCUT2D eigenvalue weighted by molar-refractivity contribution is 7.89. The number of hydrogen-bond acceptors (Lipinski definition) is 6. The van der Waals surface area contributed by atoms with Gasteiger partial charge in [0.25, 0.3) is 10.0 Å². The molecule has 0 aromatic carbocycles. The van der Waals surface area contributed by atoms with Crippen molar-refractivity contribution in [1.29, 1.82) is 0 Å². The first-order valence-corrected chi connectivity index (χ1v) is 6.91. The van der Waals surface area contributed by atoms with Crippen LogP contribution in [0.25, 0.3) is 0 Å². The molecule has 20 heavy (non-hydrogen) atoms. The second-order valence-corrected chi connectivity index (χ2v) is 6.09. The molecule has 10 heteroatoms. The van der Waals surface area contributed by atoms with Crippen molar-refractivity contribution >= 4 is 16.0 Å². The zero-order valence-electron chi connectivity index (χ0n) is 10.7. The molecule has 0 saturated carbocycles. The van der Waals surface area contributed by atoms with Crippen LogP contribution in [0.4, 0.5) is 0 Å². The van der Waals surface area contributed by atoms with E-state index < -0.39 is 26.6 Å². The predicted molar refractivity (Wildman–Crippen MR) is 65.4 cm³/mol. The number of carboxylic acid groups (broad SMARTS) is 1. The van der Waals surface area contributed by atoms with Gasteiger partial charge in [0, 0.05) is 13.1 Å². The van der Waals surface area contributed by atoms with Crippen LogP contribution >= 0.6 is 0 Å². The lowest BCUT2D eigenvalue weighted by atomic mass is 10.4. The average molecular weight is 300 g/mol. The van der Waals surface area contributed by atoms with Crippen molar-refractivity contribution in [2.24, 2.45) is 0 Å². The summed E-state index contributed by atoms with van der Waals surface area (Å²) in [6, 6.07) is 1.59. The van der Waals surface area contributed by atoms with E-state index in [2.05, 4.69) is 15.4 Å². The molecule has 108 valence electrons. The number of sulfonamides is 1. The number of aromatic amines is 1. The van der Waals surface area contributed by atoms with Crippen molar-refractivity contribution in [3.8, 4) is 0 Å². The molecule has 0 aliphatic carbocycles. The van der Waals surface area contributed by atoms with Crippen molar-refractivity contribution < 1.29 is 22.8 Å². The molecule has 0 aliphatic rings. The Kier molecular flexibility index (Phi) is 3.59. The minimum absolute atomic E-state index is 0.0439. The van der Waals surface area contributed by atoms with E-state index >= 15 is 0 Å². The molecule has 2 aromatic heterocycles. The molecule has 0 unspecified atom stereocenters. The molecule has 9 nitrogen and oxygen atoms in total. The summed E-state index contributed by atoms with van der Waals surface area (Å²) >= 11 is 0. The molecule has 0 aliphatic heterocycles. The Morgan fingerprint density at radius 3 is 2.80 bits per heavy atom. The number of hydrogen-bond donors (Lipinski definition) is 2. The summed E-state index contributed by atoms with van der Waals surface area (Å²) in [6.45, 7) is 1.64. The van der Waals surface area contributed by atoms with Gasteiger partial charge in [-0.2, -0.15) is 9.40 Å². The highest BCUT2D eigenvalue weighted by atomic mass is 32.2. The summed E-state index contributed by atoms with van der Waals surface area (Å²) in [7, 11) is -2.70. The molecule has 0 spiro atoms. The predicted octanol–water partition coefficient (Wildman–Crippen LogP) is 0.225. The minimum atomic E-state index is -4.01. The number of rotatable bonds is 5. The molecule has 0 amide bonds. The maximum absolute atomic E-state index is 12.3. The van der Waals surface area contributed by atoms with Crippen LogP contribution in [-0.4, -0.2) is 46.2 Å². The van der Waals surface area contributed by atoms with E-state index in [1.54, 1.807) is 13.0 Å². The number of nitrogens with zero attached hydrogens (tertiary/aromatic N) is 3. The largest absolute Gasteiger partial charge is 0.478 e. The Morgan fingerprint density at radius 2 is 2.25 bits per heavy atom. The fourth-order valence-corrected chi connectivity index (χ4v) is 2.78. The molecule has 2 aromatic rings. The van der Waals surface area contributed by atoms with Gasteiger partial charge in [-0.3, -0.25) is 5.10 Å². The van der Waals surface area contributed by atoms with Crippen LogP contribution in [-0.2, 0) is 16.6 Å². The third-order valence-corrected chi connectivity index (χ3v) is 4.34. The second kappa shape index (κ2) is 5.06. The maximum atomic E-state index is 12.3. The Hall–Kier alpha value is -2.20. The Bertz CT molecular complexity index is 732. The number of H-pyrrole nitrogens is 1. The first-order chi connectivity index (χ1) is 9.32. The fourth-order valence-electron chi connectivity index (χ4n) is 1.58. The Morgan fingerprint density at radius 1 is 1.55 bits per heavy atom. The van der Waals surface area contributed by atoms with Gasteiger partial charge in [0.15, 0.2) is 5.03 Å². The second-order valence-electron chi connectivity index (χ2n) is 4.11. The summed E-state index contributed by atoms with van der Waals surface area (Å²) in [5.74, 6) is -0.818. The van der Waals surface area contributed by atoms with Gasteiger partial charge >= 0.3 is 5.97 Å². The molecular weight excluding hydrogens is 288 g/mol. The van der Waals surface area contributed by atoms with Crippen LogP contribution in [0.1, 0.15) is 21.8 Å². The summed E-state index contributed by atoms with van der Waals surface area (Å²) in [5, 5.41) is 17.8. The molecule has 0 bridgehead atoms. The summed E-state index contributed by atoms with van der Waals surface area (Å²) in [5.41, 5.74) is 0.0122. The number of nitrogens with one attached hydrogen (secondary N) is 1. The van der Waals surface area contributed by atoms with E-state index in [4.69, 9.17) is 9.63 Å². The number of aromatic nitrogens is 3. The summed E-state index contributed by atoms with van der Waals surface area (Å²) in [6.07, 6.45) is 0.948. The SMILES string of the molecule is Cc1cc(CN(C)S(=O)(=O)c2[nH]ncc2C(=O)O)no1. The quantitative estimate of drug-likeness (QED) is 0.808. The van der Waals surface area contributed by atoms with E-state index in [1.165, 1.54) is 7.05 Å². The molecule has 2 heterocycles. The Balaban J connectivity index is 2.30. The lowest BCUT2D eigenvalue weighted by molar-refractivity contribution is 0.0692. The average Bonchev–Trinajstić information content (AvgIpc) is 2.98. The van der Waals surface area contributed by atoms with Crippen LogP contribution in [0.15, 0.2) is 21.8 Å². The zero-order chi connectivity index (χ0) is 14.9. The minimum Gasteiger partial charge on any atom is -0.478 e. The fraction of sp³-hybridized carbons (Fsp3) is 0.300. The molecule has 0 radical (unpaired) electrons. The van der Waals surface area contributed by atoms with Crippen molar-refractivity contribution in [3.05, 3.63) is 29.3 Å². The van der Waals surface area contributed by atoms with Gasteiger partial charge < -0.3 is 9.63 Å².